The van der Waals surface area contributed by atoms with E-state index in [2.05, 4.69) is 36.0 Å². The lowest BCUT2D eigenvalue weighted by Gasteiger charge is -2.31. The Bertz CT molecular complexity index is 993. The highest BCUT2D eigenvalue weighted by atomic mass is 32.2. The third-order valence-electron chi connectivity index (χ3n) is 5.22. The fraction of sp³-hybridized carbons (Fsp3) is 0.318. The van der Waals surface area contributed by atoms with Crippen LogP contribution in [0.2, 0.25) is 0 Å². The summed E-state index contributed by atoms with van der Waals surface area (Å²) in [6.07, 6.45) is 6.00. The number of anilines is 1. The van der Waals surface area contributed by atoms with E-state index < -0.39 is 0 Å². The summed E-state index contributed by atoms with van der Waals surface area (Å²) in [5.41, 5.74) is 5.39. The minimum absolute atomic E-state index is 0.692. The van der Waals surface area contributed by atoms with Crippen LogP contribution in [0.5, 0.6) is 0 Å². The fourth-order valence-corrected chi connectivity index (χ4v) is 4.63. The number of hydrazone groups is 1. The maximum Gasteiger partial charge on any atom is 0.162 e. The Morgan fingerprint density at radius 3 is 2.79 bits per heavy atom. The predicted molar refractivity (Wildman–Crippen MR) is 120 cm³/mol. The first-order valence-electron chi connectivity index (χ1n) is 9.75. The number of hydrogen-bond acceptors (Lipinski definition) is 7. The van der Waals surface area contributed by atoms with Crippen LogP contribution in [0.1, 0.15) is 25.1 Å². The van der Waals surface area contributed by atoms with Crippen molar-refractivity contribution in [3.05, 3.63) is 52.7 Å². The number of hydrogen-bond donors (Lipinski definition) is 1. The Morgan fingerprint density at radius 1 is 1.24 bits per heavy atom. The molecule has 7 heteroatoms. The van der Waals surface area contributed by atoms with Crippen LogP contribution in [0.4, 0.5) is 5.82 Å². The fourth-order valence-electron chi connectivity index (χ4n) is 3.46. The summed E-state index contributed by atoms with van der Waals surface area (Å²) in [4.78, 5) is 13.4. The Balaban J connectivity index is 1.89. The van der Waals surface area contributed by atoms with Crippen molar-refractivity contribution in [2.45, 2.75) is 18.7 Å². The van der Waals surface area contributed by atoms with E-state index in [-0.39, 0.29) is 0 Å². The van der Waals surface area contributed by atoms with E-state index in [4.69, 9.17) is 20.5 Å². The van der Waals surface area contributed by atoms with Gasteiger partial charge in [0.05, 0.1) is 30.0 Å². The molecule has 0 radical (unpaired) electrons. The molecule has 3 heterocycles. The second-order valence-corrected chi connectivity index (χ2v) is 7.97. The zero-order valence-electron chi connectivity index (χ0n) is 16.8. The van der Waals surface area contributed by atoms with Gasteiger partial charge in [-0.2, -0.15) is 5.10 Å². The van der Waals surface area contributed by atoms with Crippen LogP contribution in [0.25, 0.3) is 17.5 Å². The molecule has 2 aliphatic heterocycles. The molecular weight excluding hydrogens is 382 g/mol. The molecule has 6 nitrogen and oxygen atoms in total. The summed E-state index contributed by atoms with van der Waals surface area (Å²) < 4.78 is 5.55. The van der Waals surface area contributed by atoms with Gasteiger partial charge in [0.15, 0.2) is 5.82 Å². The van der Waals surface area contributed by atoms with Gasteiger partial charge in [-0.05, 0) is 25.5 Å². The number of allylic oxidation sites excluding steroid dienone is 2. The molecule has 1 saturated heterocycles. The average molecular weight is 408 g/mol. The van der Waals surface area contributed by atoms with E-state index >= 15 is 0 Å². The van der Waals surface area contributed by atoms with Crippen molar-refractivity contribution < 1.29 is 4.74 Å². The van der Waals surface area contributed by atoms with Crippen molar-refractivity contribution in [3.63, 3.8) is 0 Å². The molecule has 0 unspecified atom stereocenters. The molecule has 0 spiro atoms. The van der Waals surface area contributed by atoms with Crippen LogP contribution in [-0.4, -0.2) is 48.2 Å². The summed E-state index contributed by atoms with van der Waals surface area (Å²) in [5, 5.41) is 3.71. The van der Waals surface area contributed by atoms with E-state index in [9.17, 15) is 0 Å². The van der Waals surface area contributed by atoms with Crippen LogP contribution in [0.3, 0.4) is 0 Å². The SMILES string of the molecule is C/C=C(\C)C1=Cc2nc(-c3ccccc3/C=N\N)nc(N3CCOCC3)c2SC1. The normalized spacial score (nSPS) is 17.4. The number of rotatable bonds is 4. The van der Waals surface area contributed by atoms with Crippen molar-refractivity contribution in [3.8, 4) is 11.4 Å². The molecule has 29 heavy (non-hydrogen) atoms. The van der Waals surface area contributed by atoms with E-state index in [1.807, 2.05) is 36.0 Å². The smallest absolute Gasteiger partial charge is 0.162 e. The molecule has 2 N–H and O–H groups in total. The predicted octanol–water partition coefficient (Wildman–Crippen LogP) is 3.73. The topological polar surface area (TPSA) is 76.6 Å². The summed E-state index contributed by atoms with van der Waals surface area (Å²) in [6, 6.07) is 7.94. The van der Waals surface area contributed by atoms with Gasteiger partial charge in [-0.25, -0.2) is 9.97 Å². The molecule has 0 bridgehead atoms. The third kappa shape index (κ3) is 4.06. The quantitative estimate of drug-likeness (QED) is 0.473. The molecule has 0 aliphatic carbocycles. The molecule has 4 rings (SSSR count). The third-order valence-corrected chi connectivity index (χ3v) is 6.36. The summed E-state index contributed by atoms with van der Waals surface area (Å²) in [6.45, 7) is 7.32. The van der Waals surface area contributed by atoms with E-state index in [0.717, 1.165) is 46.4 Å². The Hall–Kier alpha value is -2.64. The molecule has 0 atom stereocenters. The minimum Gasteiger partial charge on any atom is -0.378 e. The number of benzene rings is 1. The van der Waals surface area contributed by atoms with Crippen LogP contribution in [-0.2, 0) is 4.74 Å². The van der Waals surface area contributed by atoms with E-state index in [1.165, 1.54) is 11.1 Å². The van der Waals surface area contributed by atoms with Gasteiger partial charge in [0, 0.05) is 30.0 Å². The molecule has 2 aromatic rings. The molecular formula is C22H25N5OS. The van der Waals surface area contributed by atoms with Gasteiger partial charge >= 0.3 is 0 Å². The second kappa shape index (κ2) is 8.80. The van der Waals surface area contributed by atoms with Gasteiger partial charge in [0.25, 0.3) is 0 Å². The van der Waals surface area contributed by atoms with E-state index in [1.54, 1.807) is 6.21 Å². The zero-order chi connectivity index (χ0) is 20.2. The van der Waals surface area contributed by atoms with Gasteiger partial charge in [-0.1, -0.05) is 35.9 Å². The van der Waals surface area contributed by atoms with Crippen LogP contribution in [0, 0.1) is 0 Å². The maximum atomic E-state index is 5.55. The largest absolute Gasteiger partial charge is 0.378 e. The van der Waals surface area contributed by atoms with Gasteiger partial charge < -0.3 is 15.5 Å². The van der Waals surface area contributed by atoms with Crippen molar-refractivity contribution in [2.75, 3.05) is 37.0 Å². The molecule has 150 valence electrons. The van der Waals surface area contributed by atoms with Crippen LogP contribution in [0.15, 0.2) is 51.5 Å². The minimum atomic E-state index is 0.692. The number of nitrogens with zero attached hydrogens (tertiary/aromatic N) is 4. The Labute approximate surface area is 175 Å². The summed E-state index contributed by atoms with van der Waals surface area (Å²) in [7, 11) is 0. The van der Waals surface area contributed by atoms with Crippen molar-refractivity contribution in [2.24, 2.45) is 10.9 Å². The number of thioether (sulfide) groups is 1. The summed E-state index contributed by atoms with van der Waals surface area (Å²) in [5.74, 6) is 8.03. The first-order chi connectivity index (χ1) is 14.2. The molecule has 0 saturated carbocycles. The second-order valence-electron chi connectivity index (χ2n) is 6.98. The molecule has 0 amide bonds. The maximum absolute atomic E-state index is 5.55. The highest BCUT2D eigenvalue weighted by Crippen LogP contribution is 2.40. The monoisotopic (exact) mass is 407 g/mol. The number of fused-ring (bicyclic) bond motifs is 1. The number of morpholine rings is 1. The Kier molecular flexibility index (Phi) is 5.97. The van der Waals surface area contributed by atoms with Crippen molar-refractivity contribution in [1.82, 2.24) is 9.97 Å². The molecule has 1 fully saturated rings. The first-order valence-corrected chi connectivity index (χ1v) is 10.7. The van der Waals surface area contributed by atoms with E-state index in [0.29, 0.717) is 19.0 Å². The lowest BCUT2D eigenvalue weighted by Crippen LogP contribution is -2.37. The summed E-state index contributed by atoms with van der Waals surface area (Å²) >= 11 is 1.82. The Morgan fingerprint density at radius 2 is 2.03 bits per heavy atom. The lowest BCUT2D eigenvalue weighted by molar-refractivity contribution is 0.122. The van der Waals surface area contributed by atoms with Gasteiger partial charge in [0.2, 0.25) is 0 Å². The van der Waals surface area contributed by atoms with Crippen molar-refractivity contribution in [1.29, 1.82) is 0 Å². The number of nitrogens with two attached hydrogens (primary N) is 1. The van der Waals surface area contributed by atoms with Gasteiger partial charge in [-0.15, -0.1) is 11.8 Å². The van der Waals surface area contributed by atoms with Gasteiger partial charge in [-0.3, -0.25) is 0 Å². The zero-order valence-corrected chi connectivity index (χ0v) is 17.6. The molecule has 1 aromatic carbocycles. The molecule has 2 aliphatic rings. The first kappa shape index (κ1) is 19.7. The standard InChI is InChI=1S/C22H25N5OS/c1-3-15(2)17-12-19-20(29-14-17)22(27-8-10-28-11-9-27)26-21(25-19)18-7-5-4-6-16(18)13-24-23/h3-7,12-13H,8-11,14,23H2,1-2H3/b15-3+,24-13-. The average Bonchev–Trinajstić information content (AvgIpc) is 2.78. The van der Waals surface area contributed by atoms with Crippen molar-refractivity contribution >= 4 is 29.9 Å². The van der Waals surface area contributed by atoms with Gasteiger partial charge in [0.1, 0.15) is 5.82 Å². The number of aromatic nitrogens is 2. The molecule has 1 aromatic heterocycles. The highest BCUT2D eigenvalue weighted by Gasteiger charge is 2.25. The number of ether oxygens (including phenoxy) is 1. The highest BCUT2D eigenvalue weighted by molar-refractivity contribution is 7.99. The lowest BCUT2D eigenvalue weighted by atomic mass is 10.1. The van der Waals surface area contributed by atoms with Crippen LogP contribution >= 0.6 is 11.8 Å². The van der Waals surface area contributed by atoms with Crippen LogP contribution < -0.4 is 10.7 Å².